The molecule has 1 aromatic carbocycles. The summed E-state index contributed by atoms with van der Waals surface area (Å²) in [5, 5.41) is 0. The Labute approximate surface area is 111 Å². The number of aryl methyl sites for hydroxylation is 1. The highest BCUT2D eigenvalue weighted by atomic mass is 32.2. The molecular weight excluding hydrogens is 279 g/mol. The van der Waals surface area contributed by atoms with Crippen LogP contribution in [0.25, 0.3) is 5.69 Å². The average Bonchev–Trinajstić information content (AvgIpc) is 2.69. The van der Waals surface area contributed by atoms with Crippen molar-refractivity contribution in [1.29, 1.82) is 0 Å². The molecule has 0 saturated heterocycles. The van der Waals surface area contributed by atoms with Crippen molar-refractivity contribution < 1.29 is 17.7 Å². The van der Waals surface area contributed by atoms with Crippen LogP contribution >= 0.6 is 23.1 Å². The number of alkyl halides is 3. The topological polar surface area (TPSA) is 3.88 Å². The molecule has 0 aliphatic rings. The molecule has 18 heavy (non-hydrogen) atoms. The van der Waals surface area contributed by atoms with E-state index in [0.29, 0.717) is 5.69 Å². The van der Waals surface area contributed by atoms with Gasteiger partial charge in [0, 0.05) is 12.1 Å². The molecule has 6 heteroatoms. The Kier molecular flexibility index (Phi) is 3.68. The van der Waals surface area contributed by atoms with Gasteiger partial charge in [-0.1, -0.05) is 17.4 Å². The number of halogens is 3. The number of nitrogens with zero attached hydrogens (tertiary/aromatic N) is 1. The number of hydrogen-bond donors (Lipinski definition) is 0. The van der Waals surface area contributed by atoms with Crippen LogP contribution in [0.3, 0.4) is 0 Å². The molecule has 2 rings (SSSR count). The molecule has 0 unspecified atom stereocenters. The van der Waals surface area contributed by atoms with E-state index in [-0.39, 0.29) is 0 Å². The van der Waals surface area contributed by atoms with Crippen LogP contribution in [-0.2, 0) is 6.18 Å². The van der Waals surface area contributed by atoms with Gasteiger partial charge in [0.15, 0.2) is 6.20 Å². The van der Waals surface area contributed by atoms with Crippen LogP contribution in [0.15, 0.2) is 34.8 Å². The maximum Gasteiger partial charge on any atom is 0.416 e. The quantitative estimate of drug-likeness (QED) is 0.595. The van der Waals surface area contributed by atoms with E-state index >= 15 is 0 Å². The largest absolute Gasteiger partial charge is 0.416 e. The second kappa shape index (κ2) is 4.93. The molecule has 0 radical (unpaired) electrons. The highest BCUT2D eigenvalue weighted by Crippen LogP contribution is 2.30. The van der Waals surface area contributed by atoms with Crippen molar-refractivity contribution in [2.45, 2.75) is 17.4 Å². The van der Waals surface area contributed by atoms with Crippen LogP contribution in [0, 0.1) is 6.92 Å². The fourth-order valence-electron chi connectivity index (χ4n) is 1.60. The van der Waals surface area contributed by atoms with Crippen molar-refractivity contribution in [2.75, 3.05) is 6.26 Å². The zero-order valence-corrected chi connectivity index (χ0v) is 11.4. The minimum Gasteiger partial charge on any atom is -0.166 e. The fraction of sp³-hybridized carbons (Fsp3) is 0.250. The molecule has 0 spiro atoms. The lowest BCUT2D eigenvalue weighted by molar-refractivity contribution is -0.628. The number of benzene rings is 1. The monoisotopic (exact) mass is 290 g/mol. The first-order chi connectivity index (χ1) is 8.41. The van der Waals surface area contributed by atoms with Crippen LogP contribution in [0.4, 0.5) is 13.2 Å². The summed E-state index contributed by atoms with van der Waals surface area (Å²) in [6.45, 7) is 1.94. The van der Waals surface area contributed by atoms with Crippen LogP contribution in [0.1, 0.15) is 10.4 Å². The van der Waals surface area contributed by atoms with Gasteiger partial charge in [-0.2, -0.15) is 13.2 Å². The van der Waals surface area contributed by atoms with Crippen LogP contribution in [0.2, 0.25) is 0 Å². The van der Waals surface area contributed by atoms with Crippen molar-refractivity contribution in [3.63, 3.8) is 0 Å². The van der Waals surface area contributed by atoms with Crippen molar-refractivity contribution in [1.82, 2.24) is 0 Å². The van der Waals surface area contributed by atoms with Gasteiger partial charge in [-0.3, -0.25) is 0 Å². The van der Waals surface area contributed by atoms with E-state index in [2.05, 4.69) is 0 Å². The lowest BCUT2D eigenvalue weighted by atomic mass is 10.2. The Balaban J connectivity index is 2.51. The van der Waals surface area contributed by atoms with Gasteiger partial charge in [0.1, 0.15) is 0 Å². The minimum absolute atomic E-state index is 0.540. The Morgan fingerprint density at radius 3 is 2.61 bits per heavy atom. The normalized spacial score (nSPS) is 11.8. The number of aromatic nitrogens is 1. The highest BCUT2D eigenvalue weighted by molar-refractivity contribution is 8.00. The van der Waals surface area contributed by atoms with E-state index < -0.39 is 11.7 Å². The van der Waals surface area contributed by atoms with Crippen molar-refractivity contribution >= 4 is 23.1 Å². The highest BCUT2D eigenvalue weighted by Gasteiger charge is 2.32. The lowest BCUT2D eigenvalue weighted by Gasteiger charge is -2.05. The second-order valence-corrected chi connectivity index (χ2v) is 6.02. The first-order valence-electron chi connectivity index (χ1n) is 5.15. The smallest absolute Gasteiger partial charge is 0.166 e. The third-order valence-electron chi connectivity index (χ3n) is 2.38. The SMILES string of the molecule is CSc1sc(C)c[n+]1-c1cccc(C(F)(F)F)c1. The van der Waals surface area contributed by atoms with Gasteiger partial charge in [0.2, 0.25) is 5.69 Å². The molecule has 0 saturated carbocycles. The number of rotatable bonds is 2. The van der Waals surface area contributed by atoms with Gasteiger partial charge in [-0.25, -0.2) is 0 Å². The molecule has 0 N–H and O–H groups in total. The summed E-state index contributed by atoms with van der Waals surface area (Å²) < 4.78 is 40.7. The van der Waals surface area contributed by atoms with E-state index in [0.717, 1.165) is 15.3 Å². The van der Waals surface area contributed by atoms with Gasteiger partial charge < -0.3 is 0 Å². The fourth-order valence-corrected chi connectivity index (χ4v) is 3.37. The first-order valence-corrected chi connectivity index (χ1v) is 7.19. The summed E-state index contributed by atoms with van der Waals surface area (Å²) in [7, 11) is 0. The van der Waals surface area contributed by atoms with Gasteiger partial charge in [-0.05, 0) is 31.0 Å². The zero-order chi connectivity index (χ0) is 13.3. The van der Waals surface area contributed by atoms with Crippen molar-refractivity contribution in [3.05, 3.63) is 40.9 Å². The van der Waals surface area contributed by atoms with E-state index in [1.165, 1.54) is 23.9 Å². The zero-order valence-electron chi connectivity index (χ0n) is 9.78. The van der Waals surface area contributed by atoms with Gasteiger partial charge in [0.25, 0.3) is 0 Å². The Bertz CT molecular complexity index is 561. The average molecular weight is 290 g/mol. The maximum atomic E-state index is 12.7. The van der Waals surface area contributed by atoms with Crippen LogP contribution in [-0.4, -0.2) is 6.26 Å². The summed E-state index contributed by atoms with van der Waals surface area (Å²) in [5.41, 5.74) is -0.0815. The molecular formula is C12H11F3NS2+. The minimum atomic E-state index is -4.30. The van der Waals surface area contributed by atoms with E-state index in [1.54, 1.807) is 22.0 Å². The molecule has 1 aromatic heterocycles. The molecule has 0 atom stereocenters. The summed E-state index contributed by atoms with van der Waals surface area (Å²) >= 11 is 3.09. The van der Waals surface area contributed by atoms with E-state index in [9.17, 15) is 13.2 Å². The predicted molar refractivity (Wildman–Crippen MR) is 67.4 cm³/mol. The lowest BCUT2D eigenvalue weighted by Crippen LogP contribution is -2.30. The molecule has 2 aromatic rings. The molecule has 96 valence electrons. The third kappa shape index (κ3) is 2.70. The van der Waals surface area contributed by atoms with Crippen LogP contribution < -0.4 is 4.57 Å². The summed E-state index contributed by atoms with van der Waals surface area (Å²) in [6, 6.07) is 5.37. The number of thioether (sulfide) groups is 1. The standard InChI is InChI=1S/C12H11F3NS2/c1-8-7-16(11(17-2)18-8)10-5-3-4-9(6-10)12(13,14)15/h3-7H,1-2H3/q+1. The Morgan fingerprint density at radius 1 is 1.28 bits per heavy atom. The Hall–Kier alpha value is -1.01. The van der Waals surface area contributed by atoms with E-state index in [1.807, 2.05) is 19.4 Å². The third-order valence-corrected chi connectivity index (χ3v) is 4.48. The number of thiazole rings is 1. The maximum absolute atomic E-state index is 12.7. The second-order valence-electron chi connectivity index (χ2n) is 3.73. The molecule has 0 bridgehead atoms. The Morgan fingerprint density at radius 2 is 2.00 bits per heavy atom. The molecule has 0 fully saturated rings. The predicted octanol–water partition coefficient (Wildman–Crippen LogP) is 4.07. The molecule has 1 heterocycles. The first kappa shape index (κ1) is 13.4. The molecule has 0 aliphatic carbocycles. The number of hydrogen-bond acceptors (Lipinski definition) is 2. The molecule has 1 nitrogen and oxygen atoms in total. The van der Waals surface area contributed by atoms with Crippen LogP contribution in [0.5, 0.6) is 0 Å². The van der Waals surface area contributed by atoms with Gasteiger partial charge in [0.05, 0.1) is 10.4 Å². The van der Waals surface area contributed by atoms with Crippen molar-refractivity contribution in [2.24, 2.45) is 0 Å². The van der Waals surface area contributed by atoms with Crippen molar-refractivity contribution in [3.8, 4) is 5.69 Å². The summed E-state index contributed by atoms with van der Waals surface area (Å²) in [4.78, 5) is 1.07. The van der Waals surface area contributed by atoms with E-state index in [4.69, 9.17) is 0 Å². The van der Waals surface area contributed by atoms with Gasteiger partial charge in [-0.15, -0.1) is 4.57 Å². The van der Waals surface area contributed by atoms with Gasteiger partial charge >= 0.3 is 10.5 Å². The molecule has 0 amide bonds. The molecule has 0 aliphatic heterocycles. The summed E-state index contributed by atoms with van der Waals surface area (Å²) in [5.74, 6) is 0. The summed E-state index contributed by atoms with van der Waals surface area (Å²) in [6.07, 6.45) is -0.539.